The van der Waals surface area contributed by atoms with Crippen LogP contribution in [-0.2, 0) is 10.9 Å². The summed E-state index contributed by atoms with van der Waals surface area (Å²) in [4.78, 5) is 11.6. The van der Waals surface area contributed by atoms with Crippen LogP contribution in [0.1, 0.15) is 43.4 Å². The first-order valence-corrected chi connectivity index (χ1v) is 7.28. The largest absolute Gasteiger partial charge is 0.444 e. The third-order valence-electron chi connectivity index (χ3n) is 3.21. The number of hydrogen-bond donors (Lipinski definition) is 2. The highest BCUT2D eigenvalue weighted by Crippen LogP contribution is 2.33. The molecule has 1 aromatic rings. The number of amides is 1. The summed E-state index contributed by atoms with van der Waals surface area (Å²) in [6.45, 7) is 6.79. The van der Waals surface area contributed by atoms with Crippen LogP contribution in [-0.4, -0.2) is 24.8 Å². The van der Waals surface area contributed by atoms with Crippen molar-refractivity contribution < 1.29 is 22.7 Å². The van der Waals surface area contributed by atoms with Crippen molar-refractivity contribution in [1.82, 2.24) is 5.32 Å². The van der Waals surface area contributed by atoms with E-state index in [1.54, 1.807) is 26.8 Å². The number of aryl methyl sites for hydroxylation is 1. The van der Waals surface area contributed by atoms with Crippen LogP contribution in [0.25, 0.3) is 0 Å². The van der Waals surface area contributed by atoms with Crippen molar-refractivity contribution in [3.63, 3.8) is 0 Å². The highest BCUT2D eigenvalue weighted by atomic mass is 19.4. The fraction of sp³-hybridized carbons (Fsp3) is 0.562. The first-order chi connectivity index (χ1) is 10.4. The number of hydrogen-bond acceptors (Lipinski definition) is 3. The molecule has 23 heavy (non-hydrogen) atoms. The summed E-state index contributed by atoms with van der Waals surface area (Å²) >= 11 is 0. The van der Waals surface area contributed by atoms with Crippen molar-refractivity contribution in [2.75, 3.05) is 13.1 Å². The number of carbonyl (C=O) groups is 1. The van der Waals surface area contributed by atoms with Crippen molar-refractivity contribution in [1.29, 1.82) is 0 Å². The smallest absolute Gasteiger partial charge is 0.416 e. The zero-order valence-corrected chi connectivity index (χ0v) is 13.8. The third-order valence-corrected chi connectivity index (χ3v) is 3.21. The molecule has 3 N–H and O–H groups in total. The lowest BCUT2D eigenvalue weighted by molar-refractivity contribution is -0.138. The highest BCUT2D eigenvalue weighted by molar-refractivity contribution is 5.67. The van der Waals surface area contributed by atoms with Gasteiger partial charge in [0.2, 0.25) is 0 Å². The SMILES string of the molecule is Cc1ccc(C(CN)CNC(=O)OC(C)(C)C)cc1C(F)(F)F. The van der Waals surface area contributed by atoms with Crippen LogP contribution >= 0.6 is 0 Å². The molecular formula is C16H23F3N2O2. The Bertz CT molecular complexity index is 551. The minimum absolute atomic E-state index is 0.103. The summed E-state index contributed by atoms with van der Waals surface area (Å²) in [6.07, 6.45) is -5.04. The number of ether oxygens (including phenoxy) is 1. The van der Waals surface area contributed by atoms with Gasteiger partial charge in [-0.15, -0.1) is 0 Å². The number of alkyl halides is 3. The molecule has 0 aliphatic heterocycles. The number of alkyl carbamates (subject to hydrolysis) is 1. The predicted octanol–water partition coefficient (Wildman–Crippen LogP) is 3.58. The molecule has 0 radical (unpaired) electrons. The molecule has 1 amide bonds. The first-order valence-electron chi connectivity index (χ1n) is 7.28. The van der Waals surface area contributed by atoms with Crippen molar-refractivity contribution in [2.24, 2.45) is 5.73 Å². The van der Waals surface area contributed by atoms with Gasteiger partial charge in [0.05, 0.1) is 5.56 Å². The van der Waals surface area contributed by atoms with Crippen LogP contribution in [0.3, 0.4) is 0 Å². The summed E-state index contributed by atoms with van der Waals surface area (Å²) in [5.74, 6) is -0.427. The van der Waals surface area contributed by atoms with E-state index in [0.717, 1.165) is 6.07 Å². The van der Waals surface area contributed by atoms with Gasteiger partial charge in [0.25, 0.3) is 0 Å². The molecule has 0 fully saturated rings. The molecule has 0 saturated heterocycles. The molecule has 7 heteroatoms. The van der Waals surface area contributed by atoms with Gasteiger partial charge in [0, 0.05) is 19.0 Å². The maximum Gasteiger partial charge on any atom is 0.416 e. The first kappa shape index (κ1) is 19.3. The second-order valence-corrected chi connectivity index (χ2v) is 6.39. The van der Waals surface area contributed by atoms with E-state index in [0.29, 0.717) is 5.56 Å². The zero-order chi connectivity index (χ0) is 17.8. The fourth-order valence-corrected chi connectivity index (χ4v) is 2.06. The van der Waals surface area contributed by atoms with E-state index in [2.05, 4.69) is 5.32 Å². The second kappa shape index (κ2) is 7.21. The van der Waals surface area contributed by atoms with E-state index in [9.17, 15) is 18.0 Å². The van der Waals surface area contributed by atoms with E-state index >= 15 is 0 Å². The number of nitrogens with two attached hydrogens (primary N) is 1. The summed E-state index contributed by atoms with van der Waals surface area (Å²) < 4.78 is 44.0. The maximum atomic E-state index is 13.0. The van der Waals surface area contributed by atoms with E-state index in [1.807, 2.05) is 0 Å². The Balaban J connectivity index is 2.85. The van der Waals surface area contributed by atoms with Gasteiger partial charge in [-0.2, -0.15) is 13.2 Å². The molecule has 1 unspecified atom stereocenters. The minimum Gasteiger partial charge on any atom is -0.444 e. The van der Waals surface area contributed by atoms with E-state index < -0.39 is 29.4 Å². The lowest BCUT2D eigenvalue weighted by Crippen LogP contribution is -2.36. The summed E-state index contributed by atoms with van der Waals surface area (Å²) in [5.41, 5.74) is 4.89. The van der Waals surface area contributed by atoms with Crippen molar-refractivity contribution in [2.45, 2.75) is 45.4 Å². The Labute approximate surface area is 134 Å². The predicted molar refractivity (Wildman–Crippen MR) is 82.2 cm³/mol. The Morgan fingerprint density at radius 1 is 1.30 bits per heavy atom. The van der Waals surface area contributed by atoms with Crippen LogP contribution in [0.5, 0.6) is 0 Å². The number of carbonyl (C=O) groups excluding carboxylic acids is 1. The fourth-order valence-electron chi connectivity index (χ4n) is 2.06. The molecule has 0 aliphatic carbocycles. The van der Waals surface area contributed by atoms with Crippen molar-refractivity contribution in [3.8, 4) is 0 Å². The van der Waals surface area contributed by atoms with Crippen LogP contribution in [0.4, 0.5) is 18.0 Å². The monoisotopic (exact) mass is 332 g/mol. The van der Waals surface area contributed by atoms with Gasteiger partial charge in [-0.3, -0.25) is 0 Å². The molecule has 1 atom stereocenters. The van der Waals surface area contributed by atoms with E-state index in [1.165, 1.54) is 13.0 Å². The van der Waals surface area contributed by atoms with E-state index in [-0.39, 0.29) is 18.7 Å². The normalized spacial score (nSPS) is 13.6. The lowest BCUT2D eigenvalue weighted by Gasteiger charge is -2.22. The average molecular weight is 332 g/mol. The maximum absolute atomic E-state index is 13.0. The average Bonchev–Trinajstić information content (AvgIpc) is 2.37. The highest BCUT2D eigenvalue weighted by Gasteiger charge is 2.33. The molecule has 1 rings (SSSR count). The van der Waals surface area contributed by atoms with Gasteiger partial charge in [-0.05, 0) is 44.9 Å². The second-order valence-electron chi connectivity index (χ2n) is 6.39. The van der Waals surface area contributed by atoms with Gasteiger partial charge in [0.1, 0.15) is 5.60 Å². The minimum atomic E-state index is -4.42. The van der Waals surface area contributed by atoms with E-state index in [4.69, 9.17) is 10.5 Å². The van der Waals surface area contributed by atoms with Gasteiger partial charge < -0.3 is 15.8 Å². The van der Waals surface area contributed by atoms with Crippen molar-refractivity contribution >= 4 is 6.09 Å². The summed E-state index contributed by atoms with van der Waals surface area (Å²) in [7, 11) is 0. The summed E-state index contributed by atoms with van der Waals surface area (Å²) in [6, 6.07) is 4.09. The third kappa shape index (κ3) is 6.09. The number of nitrogens with one attached hydrogen (secondary N) is 1. The quantitative estimate of drug-likeness (QED) is 0.886. The number of rotatable bonds is 4. The van der Waals surface area contributed by atoms with Gasteiger partial charge in [0.15, 0.2) is 0 Å². The Morgan fingerprint density at radius 2 is 1.91 bits per heavy atom. The van der Waals surface area contributed by atoms with Crippen LogP contribution in [0.2, 0.25) is 0 Å². The van der Waals surface area contributed by atoms with Crippen molar-refractivity contribution in [3.05, 3.63) is 34.9 Å². The Hall–Kier alpha value is -1.76. The Morgan fingerprint density at radius 3 is 2.39 bits per heavy atom. The molecule has 0 saturated carbocycles. The molecule has 0 spiro atoms. The molecular weight excluding hydrogens is 309 g/mol. The number of benzene rings is 1. The van der Waals surface area contributed by atoms with Crippen LogP contribution in [0.15, 0.2) is 18.2 Å². The molecule has 0 heterocycles. The summed E-state index contributed by atoms with van der Waals surface area (Å²) in [5, 5.41) is 2.54. The Kier molecular flexibility index (Phi) is 6.04. The van der Waals surface area contributed by atoms with Crippen LogP contribution in [0, 0.1) is 6.92 Å². The van der Waals surface area contributed by atoms with Gasteiger partial charge >= 0.3 is 12.3 Å². The molecule has 4 nitrogen and oxygen atoms in total. The molecule has 1 aromatic carbocycles. The molecule has 0 bridgehead atoms. The standard InChI is InChI=1S/C16H23F3N2O2/c1-10-5-6-11(7-13(10)16(17,18)19)12(8-20)9-21-14(22)23-15(2,3)4/h5-7,12H,8-9,20H2,1-4H3,(H,21,22). The van der Waals surface area contributed by atoms with Gasteiger partial charge in [-0.25, -0.2) is 4.79 Å². The zero-order valence-electron chi connectivity index (χ0n) is 13.8. The topological polar surface area (TPSA) is 64.3 Å². The van der Waals surface area contributed by atoms with Gasteiger partial charge in [-0.1, -0.05) is 12.1 Å². The molecule has 0 aromatic heterocycles. The van der Waals surface area contributed by atoms with Crippen LogP contribution < -0.4 is 11.1 Å². The molecule has 130 valence electrons. The molecule has 0 aliphatic rings. The lowest BCUT2D eigenvalue weighted by atomic mass is 9.95. The number of halogens is 3.